The second-order valence-electron chi connectivity index (χ2n) is 5.07. The number of nitrogens with two attached hydrogens (primary N) is 1. The summed E-state index contributed by atoms with van der Waals surface area (Å²) in [4.78, 5) is 4.49. The van der Waals surface area contributed by atoms with E-state index in [0.717, 1.165) is 16.3 Å². The molecule has 0 saturated heterocycles. The first-order chi connectivity index (χ1) is 9.09. The Balaban J connectivity index is 2.33. The Labute approximate surface area is 118 Å². The van der Waals surface area contributed by atoms with Crippen molar-refractivity contribution in [3.05, 3.63) is 51.5 Å². The fourth-order valence-electron chi connectivity index (χ4n) is 2.18. The van der Waals surface area contributed by atoms with E-state index in [9.17, 15) is 5.11 Å². The number of aromatic nitrogens is 1. The molecule has 1 heterocycles. The van der Waals surface area contributed by atoms with Crippen molar-refractivity contribution in [3.63, 3.8) is 0 Å². The molecule has 0 spiro atoms. The average molecular weight is 276 g/mol. The highest BCUT2D eigenvalue weighted by molar-refractivity contribution is 7.09. The predicted octanol–water partition coefficient (Wildman–Crippen LogP) is 2.19. The van der Waals surface area contributed by atoms with Gasteiger partial charge in [0.1, 0.15) is 0 Å². The normalized spacial score (nSPS) is 14.3. The minimum atomic E-state index is -0.433. The lowest BCUT2D eigenvalue weighted by molar-refractivity contribution is 0.196. The van der Waals surface area contributed by atoms with E-state index < -0.39 is 5.41 Å². The summed E-state index contributed by atoms with van der Waals surface area (Å²) < 4.78 is 0. The number of hydrogen-bond donors (Lipinski definition) is 2. The summed E-state index contributed by atoms with van der Waals surface area (Å²) >= 11 is 1.63. The van der Waals surface area contributed by atoms with E-state index in [2.05, 4.69) is 36.2 Å². The second-order valence-corrected chi connectivity index (χ2v) is 6.01. The molecule has 19 heavy (non-hydrogen) atoms. The Kier molecular flexibility index (Phi) is 4.34. The average Bonchev–Trinajstić information content (AvgIpc) is 2.82. The van der Waals surface area contributed by atoms with Crippen molar-refractivity contribution in [2.75, 3.05) is 13.2 Å². The Morgan fingerprint density at radius 3 is 2.42 bits per heavy atom. The topological polar surface area (TPSA) is 59.1 Å². The highest BCUT2D eigenvalue weighted by Crippen LogP contribution is 2.29. The summed E-state index contributed by atoms with van der Waals surface area (Å²) in [5, 5.41) is 12.9. The number of aliphatic hydroxyl groups excluding tert-OH is 1. The zero-order valence-electron chi connectivity index (χ0n) is 11.4. The molecule has 0 aliphatic heterocycles. The van der Waals surface area contributed by atoms with E-state index in [4.69, 9.17) is 5.73 Å². The maximum Gasteiger partial charge on any atom is 0.0938 e. The molecule has 3 nitrogen and oxygen atoms in total. The van der Waals surface area contributed by atoms with Gasteiger partial charge in [-0.2, -0.15) is 0 Å². The Hall–Kier alpha value is -1.23. The molecule has 0 fully saturated rings. The van der Waals surface area contributed by atoms with Crippen LogP contribution >= 0.6 is 11.3 Å². The van der Waals surface area contributed by atoms with Crippen LogP contribution in [-0.2, 0) is 11.8 Å². The molecule has 0 radical (unpaired) electrons. The maximum absolute atomic E-state index is 9.86. The number of rotatable bonds is 5. The van der Waals surface area contributed by atoms with Crippen molar-refractivity contribution >= 4 is 11.3 Å². The zero-order chi connectivity index (χ0) is 13.9. The minimum Gasteiger partial charge on any atom is -0.395 e. The lowest BCUT2D eigenvalue weighted by Gasteiger charge is -2.30. The number of thiazole rings is 1. The van der Waals surface area contributed by atoms with E-state index in [-0.39, 0.29) is 6.61 Å². The third-order valence-corrected chi connectivity index (χ3v) is 4.48. The third-order valence-electron chi connectivity index (χ3n) is 3.51. The molecule has 0 saturated carbocycles. The van der Waals surface area contributed by atoms with Crippen LogP contribution in [0.1, 0.15) is 21.8 Å². The number of aliphatic hydroxyl groups is 1. The lowest BCUT2D eigenvalue weighted by atomic mass is 9.78. The van der Waals surface area contributed by atoms with Crippen LogP contribution in [0, 0.1) is 13.8 Å². The van der Waals surface area contributed by atoms with Gasteiger partial charge in [-0.15, -0.1) is 11.3 Å². The van der Waals surface area contributed by atoms with Gasteiger partial charge in [-0.05, 0) is 19.4 Å². The van der Waals surface area contributed by atoms with E-state index >= 15 is 0 Å². The molecule has 1 unspecified atom stereocenters. The van der Waals surface area contributed by atoms with Gasteiger partial charge in [0.25, 0.3) is 0 Å². The Morgan fingerprint density at radius 2 is 1.95 bits per heavy atom. The van der Waals surface area contributed by atoms with Crippen LogP contribution in [0.25, 0.3) is 0 Å². The molecule has 2 rings (SSSR count). The van der Waals surface area contributed by atoms with Gasteiger partial charge >= 0.3 is 0 Å². The SMILES string of the molecule is Cc1ccc(C(CN)(CO)Cc2nc(C)cs2)cc1. The summed E-state index contributed by atoms with van der Waals surface area (Å²) in [5.74, 6) is 0. The highest BCUT2D eigenvalue weighted by atomic mass is 32.1. The molecule has 1 aromatic carbocycles. The minimum absolute atomic E-state index is 0.0329. The molecule has 2 aromatic rings. The molecule has 1 aromatic heterocycles. The molecular formula is C15H20N2OS. The lowest BCUT2D eigenvalue weighted by Crippen LogP contribution is -2.41. The van der Waals surface area contributed by atoms with Gasteiger partial charge < -0.3 is 10.8 Å². The van der Waals surface area contributed by atoms with Crippen LogP contribution in [-0.4, -0.2) is 23.2 Å². The van der Waals surface area contributed by atoms with E-state index in [1.165, 1.54) is 5.56 Å². The van der Waals surface area contributed by atoms with Gasteiger partial charge in [-0.25, -0.2) is 4.98 Å². The second kappa shape index (κ2) is 5.82. The molecule has 3 N–H and O–H groups in total. The molecule has 0 bridgehead atoms. The van der Waals surface area contributed by atoms with Gasteiger partial charge in [-0.1, -0.05) is 29.8 Å². The summed E-state index contributed by atoms with van der Waals surface area (Å²) in [5.41, 5.74) is 8.83. The number of aryl methyl sites for hydroxylation is 2. The van der Waals surface area contributed by atoms with E-state index in [0.29, 0.717) is 13.0 Å². The van der Waals surface area contributed by atoms with Crippen molar-refractivity contribution in [1.29, 1.82) is 0 Å². The maximum atomic E-state index is 9.86. The van der Waals surface area contributed by atoms with E-state index in [1.807, 2.05) is 12.3 Å². The molecular weight excluding hydrogens is 256 g/mol. The molecule has 1 atom stereocenters. The summed E-state index contributed by atoms with van der Waals surface area (Å²) in [6.07, 6.45) is 0.682. The molecule has 102 valence electrons. The van der Waals surface area contributed by atoms with Gasteiger partial charge in [0.2, 0.25) is 0 Å². The van der Waals surface area contributed by atoms with Gasteiger partial charge in [-0.3, -0.25) is 0 Å². The monoisotopic (exact) mass is 276 g/mol. The van der Waals surface area contributed by atoms with Crippen molar-refractivity contribution in [2.24, 2.45) is 5.73 Å². The van der Waals surface area contributed by atoms with Crippen LogP contribution in [0.3, 0.4) is 0 Å². The summed E-state index contributed by atoms with van der Waals surface area (Å²) in [7, 11) is 0. The zero-order valence-corrected chi connectivity index (χ0v) is 12.2. The fraction of sp³-hybridized carbons (Fsp3) is 0.400. The van der Waals surface area contributed by atoms with Crippen LogP contribution in [0.15, 0.2) is 29.6 Å². The third kappa shape index (κ3) is 3.03. The quantitative estimate of drug-likeness (QED) is 0.880. The highest BCUT2D eigenvalue weighted by Gasteiger charge is 2.31. The van der Waals surface area contributed by atoms with Crippen LogP contribution in [0.2, 0.25) is 0 Å². The van der Waals surface area contributed by atoms with Gasteiger partial charge in [0.05, 0.1) is 11.6 Å². The van der Waals surface area contributed by atoms with E-state index in [1.54, 1.807) is 11.3 Å². The van der Waals surface area contributed by atoms with Crippen LogP contribution in [0.4, 0.5) is 0 Å². The van der Waals surface area contributed by atoms with Crippen molar-refractivity contribution in [3.8, 4) is 0 Å². The van der Waals surface area contributed by atoms with Crippen LogP contribution < -0.4 is 5.73 Å². The van der Waals surface area contributed by atoms with Crippen LogP contribution in [0.5, 0.6) is 0 Å². The molecule has 4 heteroatoms. The first-order valence-electron chi connectivity index (χ1n) is 6.39. The Bertz CT molecular complexity index is 529. The fourth-order valence-corrected chi connectivity index (χ4v) is 3.10. The van der Waals surface area contributed by atoms with Gasteiger partial charge in [0, 0.05) is 29.5 Å². The predicted molar refractivity (Wildman–Crippen MR) is 79.6 cm³/mol. The number of benzene rings is 1. The van der Waals surface area contributed by atoms with Crippen molar-refractivity contribution in [2.45, 2.75) is 25.7 Å². The molecule has 0 aliphatic carbocycles. The first kappa shape index (κ1) is 14.2. The smallest absolute Gasteiger partial charge is 0.0938 e. The molecule has 0 aliphatic rings. The largest absolute Gasteiger partial charge is 0.395 e. The number of hydrogen-bond acceptors (Lipinski definition) is 4. The Morgan fingerprint density at radius 1 is 1.26 bits per heavy atom. The summed E-state index contributed by atoms with van der Waals surface area (Å²) in [6, 6.07) is 8.22. The molecule has 0 amide bonds. The standard InChI is InChI=1S/C15H20N2OS/c1-11-3-5-13(6-4-11)15(9-16,10-18)7-14-17-12(2)8-19-14/h3-6,8,18H,7,9-10,16H2,1-2H3. The summed E-state index contributed by atoms with van der Waals surface area (Å²) in [6.45, 7) is 4.47. The number of nitrogens with zero attached hydrogens (tertiary/aromatic N) is 1. The van der Waals surface area contributed by atoms with Gasteiger partial charge in [0.15, 0.2) is 0 Å². The van der Waals surface area contributed by atoms with Crippen molar-refractivity contribution in [1.82, 2.24) is 4.98 Å². The first-order valence-corrected chi connectivity index (χ1v) is 7.27. The van der Waals surface area contributed by atoms with Crippen molar-refractivity contribution < 1.29 is 5.11 Å².